The molecule has 0 aromatic heterocycles. The standard InChI is InChI=1S/C24H37N3O4/c1-3-23(28)25-14-8-10-18-30-20-16-27(22-12-6-5-7-13-22)17-21-31-19-11-9-15-26-24(29)4-2/h3-7,12-13H,1-2,8-11,14-21H2,(H,25,28)(H,26,29). The maximum atomic E-state index is 11.1. The normalized spacial score (nSPS) is 10.3. The van der Waals surface area contributed by atoms with Crippen molar-refractivity contribution < 1.29 is 19.1 Å². The van der Waals surface area contributed by atoms with Gasteiger partial charge in [-0.2, -0.15) is 0 Å². The number of hydrogen-bond acceptors (Lipinski definition) is 5. The van der Waals surface area contributed by atoms with Gasteiger partial charge in [0.1, 0.15) is 0 Å². The minimum Gasteiger partial charge on any atom is -0.380 e. The molecule has 0 spiro atoms. The fourth-order valence-electron chi connectivity index (χ4n) is 2.79. The number of hydrogen-bond donors (Lipinski definition) is 2. The monoisotopic (exact) mass is 431 g/mol. The molecule has 2 N–H and O–H groups in total. The van der Waals surface area contributed by atoms with Gasteiger partial charge in [0.05, 0.1) is 13.2 Å². The van der Waals surface area contributed by atoms with Crippen LogP contribution < -0.4 is 15.5 Å². The Bertz CT molecular complexity index is 601. The fraction of sp³-hybridized carbons (Fsp3) is 0.500. The number of nitrogens with one attached hydrogen (secondary N) is 2. The van der Waals surface area contributed by atoms with Crippen LogP contribution in [0.1, 0.15) is 25.7 Å². The van der Waals surface area contributed by atoms with Crippen molar-refractivity contribution in [1.82, 2.24) is 10.6 Å². The van der Waals surface area contributed by atoms with Crippen LogP contribution in [0, 0.1) is 0 Å². The average Bonchev–Trinajstić information content (AvgIpc) is 2.81. The van der Waals surface area contributed by atoms with Gasteiger partial charge in [0.25, 0.3) is 0 Å². The molecule has 2 amide bonds. The van der Waals surface area contributed by atoms with Crippen LogP contribution in [-0.2, 0) is 19.1 Å². The summed E-state index contributed by atoms with van der Waals surface area (Å²) in [5.74, 6) is -0.276. The summed E-state index contributed by atoms with van der Waals surface area (Å²) in [5.41, 5.74) is 1.15. The van der Waals surface area contributed by atoms with E-state index in [0.717, 1.165) is 44.5 Å². The summed E-state index contributed by atoms with van der Waals surface area (Å²) in [6.07, 6.45) is 6.13. The van der Waals surface area contributed by atoms with Gasteiger partial charge in [-0.1, -0.05) is 31.4 Å². The second-order valence-corrected chi connectivity index (χ2v) is 6.95. The summed E-state index contributed by atoms with van der Waals surface area (Å²) in [5, 5.41) is 5.52. The lowest BCUT2D eigenvalue weighted by molar-refractivity contribution is -0.117. The number of ether oxygens (including phenoxy) is 2. The molecule has 0 unspecified atom stereocenters. The molecule has 0 saturated carbocycles. The Kier molecular flexibility index (Phi) is 15.5. The van der Waals surface area contributed by atoms with Crippen molar-refractivity contribution in [3.8, 4) is 0 Å². The van der Waals surface area contributed by atoms with E-state index in [0.29, 0.717) is 39.5 Å². The molecular weight excluding hydrogens is 394 g/mol. The first-order chi connectivity index (χ1) is 15.2. The van der Waals surface area contributed by atoms with E-state index in [4.69, 9.17) is 9.47 Å². The van der Waals surface area contributed by atoms with Crippen LogP contribution >= 0.6 is 0 Å². The number of para-hydroxylation sites is 1. The third-order valence-electron chi connectivity index (χ3n) is 4.53. The van der Waals surface area contributed by atoms with Crippen LogP contribution in [0.4, 0.5) is 5.69 Å². The average molecular weight is 432 g/mol. The van der Waals surface area contributed by atoms with Gasteiger partial charge in [-0.05, 0) is 50.0 Å². The molecular formula is C24H37N3O4. The van der Waals surface area contributed by atoms with E-state index in [9.17, 15) is 9.59 Å². The second kappa shape index (κ2) is 18.2. The minimum absolute atomic E-state index is 0.138. The lowest BCUT2D eigenvalue weighted by atomic mass is 10.3. The van der Waals surface area contributed by atoms with Crippen LogP contribution in [0.15, 0.2) is 55.6 Å². The zero-order valence-electron chi connectivity index (χ0n) is 18.5. The van der Waals surface area contributed by atoms with Gasteiger partial charge in [-0.25, -0.2) is 0 Å². The summed E-state index contributed by atoms with van der Waals surface area (Å²) >= 11 is 0. The lowest BCUT2D eigenvalue weighted by Crippen LogP contribution is -2.31. The number of benzene rings is 1. The number of carbonyl (C=O) groups excluding carboxylic acids is 2. The highest BCUT2D eigenvalue weighted by Crippen LogP contribution is 2.12. The highest BCUT2D eigenvalue weighted by Gasteiger charge is 2.06. The Morgan fingerprint density at radius 2 is 1.26 bits per heavy atom. The van der Waals surface area contributed by atoms with Crippen LogP contribution in [0.25, 0.3) is 0 Å². The van der Waals surface area contributed by atoms with Gasteiger partial charge in [0.15, 0.2) is 0 Å². The molecule has 1 rings (SSSR count). The number of anilines is 1. The van der Waals surface area contributed by atoms with E-state index in [1.165, 1.54) is 12.2 Å². The molecule has 7 heteroatoms. The molecule has 0 radical (unpaired) electrons. The highest BCUT2D eigenvalue weighted by molar-refractivity contribution is 5.87. The smallest absolute Gasteiger partial charge is 0.243 e. The molecule has 0 bridgehead atoms. The van der Waals surface area contributed by atoms with E-state index >= 15 is 0 Å². The first-order valence-electron chi connectivity index (χ1n) is 10.9. The zero-order chi connectivity index (χ0) is 22.6. The van der Waals surface area contributed by atoms with E-state index in [2.05, 4.69) is 40.8 Å². The molecule has 0 heterocycles. The molecule has 31 heavy (non-hydrogen) atoms. The summed E-state index contributed by atoms with van der Waals surface area (Å²) in [6, 6.07) is 10.2. The van der Waals surface area contributed by atoms with Gasteiger partial charge in [-0.3, -0.25) is 9.59 Å². The van der Waals surface area contributed by atoms with E-state index in [1.807, 2.05) is 18.2 Å². The molecule has 0 atom stereocenters. The summed E-state index contributed by atoms with van der Waals surface area (Å²) in [4.78, 5) is 24.4. The summed E-state index contributed by atoms with van der Waals surface area (Å²) in [6.45, 7) is 12.3. The van der Waals surface area contributed by atoms with Crippen molar-refractivity contribution in [1.29, 1.82) is 0 Å². The Balaban J connectivity index is 2.17. The number of unbranched alkanes of at least 4 members (excludes halogenated alkanes) is 2. The van der Waals surface area contributed by atoms with Crippen LogP contribution in [-0.4, -0.2) is 64.4 Å². The Morgan fingerprint density at radius 3 is 1.71 bits per heavy atom. The predicted molar refractivity (Wildman–Crippen MR) is 125 cm³/mol. The maximum absolute atomic E-state index is 11.1. The SMILES string of the molecule is C=CC(=O)NCCCCOCCN(CCOCCCCNC(=O)C=C)c1ccccc1. The van der Waals surface area contributed by atoms with Gasteiger partial charge in [0, 0.05) is 45.1 Å². The number of rotatable bonds is 19. The van der Waals surface area contributed by atoms with Gasteiger partial charge in [-0.15, -0.1) is 0 Å². The van der Waals surface area contributed by atoms with Crippen molar-refractivity contribution in [2.24, 2.45) is 0 Å². The van der Waals surface area contributed by atoms with Crippen molar-refractivity contribution in [2.45, 2.75) is 25.7 Å². The second-order valence-electron chi connectivity index (χ2n) is 6.95. The lowest BCUT2D eigenvalue weighted by Gasteiger charge is -2.24. The highest BCUT2D eigenvalue weighted by atomic mass is 16.5. The Morgan fingerprint density at radius 1 is 0.774 bits per heavy atom. The van der Waals surface area contributed by atoms with Crippen LogP contribution in [0.2, 0.25) is 0 Å². The Labute approximate surface area is 186 Å². The molecule has 172 valence electrons. The predicted octanol–water partition coefficient (Wildman–Crippen LogP) is 2.69. The first-order valence-corrected chi connectivity index (χ1v) is 10.9. The zero-order valence-corrected chi connectivity index (χ0v) is 18.5. The minimum atomic E-state index is -0.138. The fourth-order valence-corrected chi connectivity index (χ4v) is 2.79. The maximum Gasteiger partial charge on any atom is 0.243 e. The van der Waals surface area contributed by atoms with Crippen molar-refractivity contribution in [3.05, 3.63) is 55.6 Å². The molecule has 7 nitrogen and oxygen atoms in total. The third-order valence-corrected chi connectivity index (χ3v) is 4.53. The van der Waals surface area contributed by atoms with E-state index in [-0.39, 0.29) is 11.8 Å². The van der Waals surface area contributed by atoms with Crippen molar-refractivity contribution >= 4 is 17.5 Å². The Hall–Kier alpha value is -2.64. The van der Waals surface area contributed by atoms with Crippen LogP contribution in [0.5, 0.6) is 0 Å². The molecule has 1 aromatic rings. The number of nitrogens with zero attached hydrogens (tertiary/aromatic N) is 1. The molecule has 0 aliphatic heterocycles. The number of carbonyl (C=O) groups is 2. The van der Waals surface area contributed by atoms with Crippen molar-refractivity contribution in [2.75, 3.05) is 57.5 Å². The third kappa shape index (κ3) is 14.1. The first kappa shape index (κ1) is 26.4. The molecule has 0 aliphatic rings. The van der Waals surface area contributed by atoms with Crippen LogP contribution in [0.3, 0.4) is 0 Å². The van der Waals surface area contributed by atoms with Gasteiger partial charge < -0.3 is 25.0 Å². The van der Waals surface area contributed by atoms with Crippen molar-refractivity contribution in [3.63, 3.8) is 0 Å². The molecule has 1 aromatic carbocycles. The van der Waals surface area contributed by atoms with E-state index in [1.54, 1.807) is 0 Å². The largest absolute Gasteiger partial charge is 0.380 e. The summed E-state index contributed by atoms with van der Waals surface area (Å²) in [7, 11) is 0. The quantitative estimate of drug-likeness (QED) is 0.260. The number of amides is 2. The molecule has 0 saturated heterocycles. The van der Waals surface area contributed by atoms with Gasteiger partial charge >= 0.3 is 0 Å². The topological polar surface area (TPSA) is 79.9 Å². The molecule has 0 aliphatic carbocycles. The van der Waals surface area contributed by atoms with Gasteiger partial charge in [0.2, 0.25) is 11.8 Å². The summed E-state index contributed by atoms with van der Waals surface area (Å²) < 4.78 is 11.5. The molecule has 0 fully saturated rings. The van der Waals surface area contributed by atoms with E-state index < -0.39 is 0 Å².